The van der Waals surface area contributed by atoms with Gasteiger partial charge in [0.15, 0.2) is 0 Å². The Balaban J connectivity index is 1.81. The van der Waals surface area contributed by atoms with Crippen molar-refractivity contribution in [3.63, 3.8) is 0 Å². The number of carbonyl (C=O) groups is 1. The molecular weight excluding hydrogens is 290 g/mol. The van der Waals surface area contributed by atoms with Crippen molar-refractivity contribution in [1.29, 1.82) is 0 Å². The number of aliphatic hydroxyl groups is 1. The van der Waals surface area contributed by atoms with Gasteiger partial charge in [-0.3, -0.25) is 0 Å². The third-order valence-electron chi connectivity index (χ3n) is 3.55. The van der Waals surface area contributed by atoms with Gasteiger partial charge in [0.2, 0.25) is 0 Å². The van der Waals surface area contributed by atoms with E-state index >= 15 is 0 Å². The predicted molar refractivity (Wildman–Crippen MR) is 90.0 cm³/mol. The zero-order chi connectivity index (χ0) is 16.7. The topological polar surface area (TPSA) is 58.6 Å². The molecule has 2 aromatic carbocycles. The third-order valence-corrected chi connectivity index (χ3v) is 3.55. The second kappa shape index (κ2) is 8.34. The van der Waals surface area contributed by atoms with Crippen molar-refractivity contribution >= 4 is 6.09 Å². The van der Waals surface area contributed by atoms with Crippen LogP contribution in [0.25, 0.3) is 0 Å². The molecule has 0 heterocycles. The van der Waals surface area contributed by atoms with E-state index in [2.05, 4.69) is 5.32 Å². The molecule has 0 saturated heterocycles. The first-order valence-corrected chi connectivity index (χ1v) is 7.78. The van der Waals surface area contributed by atoms with Crippen molar-refractivity contribution in [1.82, 2.24) is 5.32 Å². The third kappa shape index (κ3) is 5.75. The van der Waals surface area contributed by atoms with E-state index in [1.165, 1.54) is 0 Å². The number of carbonyl (C=O) groups excluding carboxylic acids is 1. The normalized spacial score (nSPS) is 13.2. The van der Waals surface area contributed by atoms with Gasteiger partial charge in [0.05, 0.1) is 6.10 Å². The Morgan fingerprint density at radius 2 is 1.78 bits per heavy atom. The summed E-state index contributed by atoms with van der Waals surface area (Å²) < 4.78 is 5.21. The molecule has 0 aliphatic heterocycles. The molecule has 0 aromatic heterocycles. The van der Waals surface area contributed by atoms with E-state index in [1.54, 1.807) is 6.92 Å². The maximum Gasteiger partial charge on any atom is 0.407 e. The van der Waals surface area contributed by atoms with Crippen molar-refractivity contribution in [3.05, 3.63) is 71.3 Å². The molecule has 0 bridgehead atoms. The summed E-state index contributed by atoms with van der Waals surface area (Å²) in [7, 11) is 0. The van der Waals surface area contributed by atoms with Crippen LogP contribution in [0.1, 0.15) is 36.6 Å². The van der Waals surface area contributed by atoms with Crippen LogP contribution in [0.2, 0.25) is 0 Å². The number of benzene rings is 2. The number of rotatable bonds is 6. The monoisotopic (exact) mass is 313 g/mol. The van der Waals surface area contributed by atoms with E-state index in [0.717, 1.165) is 16.7 Å². The first-order valence-electron chi connectivity index (χ1n) is 7.78. The molecule has 0 saturated carbocycles. The first-order chi connectivity index (χ1) is 11.0. The van der Waals surface area contributed by atoms with Crippen LogP contribution >= 0.6 is 0 Å². The quantitative estimate of drug-likeness (QED) is 0.856. The highest BCUT2D eigenvalue weighted by Gasteiger charge is 2.10. The van der Waals surface area contributed by atoms with Crippen molar-refractivity contribution in [2.75, 3.05) is 0 Å². The minimum atomic E-state index is -0.492. The molecule has 0 aliphatic rings. The smallest absolute Gasteiger partial charge is 0.407 e. The maximum atomic E-state index is 11.8. The lowest BCUT2D eigenvalue weighted by molar-refractivity contribution is 0.136. The lowest BCUT2D eigenvalue weighted by Crippen LogP contribution is -2.34. The lowest BCUT2D eigenvalue weighted by Gasteiger charge is -2.15. The zero-order valence-electron chi connectivity index (χ0n) is 13.5. The van der Waals surface area contributed by atoms with Crippen molar-refractivity contribution in [2.24, 2.45) is 0 Å². The minimum Gasteiger partial charge on any atom is -0.445 e. The molecule has 2 aromatic rings. The Morgan fingerprint density at radius 1 is 1.09 bits per heavy atom. The molecule has 4 nitrogen and oxygen atoms in total. The molecule has 0 fully saturated rings. The fourth-order valence-corrected chi connectivity index (χ4v) is 2.35. The summed E-state index contributed by atoms with van der Waals surface area (Å²) in [5, 5.41) is 12.4. The molecule has 0 radical (unpaired) electrons. The summed E-state index contributed by atoms with van der Waals surface area (Å²) in [6.07, 6.45) is -0.233. The Morgan fingerprint density at radius 3 is 2.48 bits per heavy atom. The van der Waals surface area contributed by atoms with Gasteiger partial charge in [-0.15, -0.1) is 0 Å². The molecule has 2 rings (SSSR count). The van der Waals surface area contributed by atoms with Gasteiger partial charge in [-0.1, -0.05) is 54.6 Å². The second-order valence-corrected chi connectivity index (χ2v) is 5.73. The lowest BCUT2D eigenvalue weighted by atomic mass is 10.0. The second-order valence-electron chi connectivity index (χ2n) is 5.73. The van der Waals surface area contributed by atoms with Crippen LogP contribution in [0.4, 0.5) is 4.79 Å². The van der Waals surface area contributed by atoms with Crippen LogP contribution in [0.15, 0.2) is 54.6 Å². The maximum absolute atomic E-state index is 11.8. The molecular formula is C19H23NO3. The number of hydrogen-bond acceptors (Lipinski definition) is 3. The number of ether oxygens (including phenoxy) is 1. The van der Waals surface area contributed by atoms with Crippen molar-refractivity contribution in [3.8, 4) is 0 Å². The van der Waals surface area contributed by atoms with Crippen molar-refractivity contribution in [2.45, 2.75) is 39.0 Å². The van der Waals surface area contributed by atoms with Crippen molar-refractivity contribution < 1.29 is 14.6 Å². The van der Waals surface area contributed by atoms with E-state index < -0.39 is 12.2 Å². The SMILES string of the molecule is C[C@@H](Cc1cccc([C@@H](C)O)c1)NC(=O)OCc1ccccc1. The summed E-state index contributed by atoms with van der Waals surface area (Å²) in [5.41, 5.74) is 2.90. The Kier molecular flexibility index (Phi) is 6.18. The van der Waals surface area contributed by atoms with Gasteiger partial charge in [-0.2, -0.15) is 0 Å². The van der Waals surface area contributed by atoms with Crippen LogP contribution in [0.5, 0.6) is 0 Å². The van der Waals surface area contributed by atoms with Crippen LogP contribution in [-0.4, -0.2) is 17.2 Å². The molecule has 4 heteroatoms. The summed E-state index contributed by atoms with van der Waals surface area (Å²) >= 11 is 0. The van der Waals surface area contributed by atoms with Gasteiger partial charge in [-0.05, 0) is 37.0 Å². The molecule has 2 N–H and O–H groups in total. The van der Waals surface area contributed by atoms with Gasteiger partial charge in [0, 0.05) is 6.04 Å². The van der Waals surface area contributed by atoms with E-state index in [9.17, 15) is 9.90 Å². The van der Waals surface area contributed by atoms with E-state index in [4.69, 9.17) is 4.74 Å². The average Bonchev–Trinajstić information content (AvgIpc) is 2.54. The molecule has 0 aliphatic carbocycles. The summed E-state index contributed by atoms with van der Waals surface area (Å²) in [6, 6.07) is 17.3. The molecule has 122 valence electrons. The van der Waals surface area contributed by atoms with Gasteiger partial charge in [0.25, 0.3) is 0 Å². The highest BCUT2D eigenvalue weighted by atomic mass is 16.5. The van der Waals surface area contributed by atoms with Gasteiger partial charge in [-0.25, -0.2) is 4.79 Å². The summed E-state index contributed by atoms with van der Waals surface area (Å²) in [4.78, 5) is 11.8. The minimum absolute atomic E-state index is 0.0532. The molecule has 2 atom stereocenters. The Bertz CT molecular complexity index is 626. The largest absolute Gasteiger partial charge is 0.445 e. The Hall–Kier alpha value is -2.33. The van der Waals surface area contributed by atoms with E-state index in [-0.39, 0.29) is 12.6 Å². The van der Waals surface area contributed by atoms with Gasteiger partial charge >= 0.3 is 6.09 Å². The van der Waals surface area contributed by atoms with Crippen LogP contribution in [0.3, 0.4) is 0 Å². The molecule has 0 spiro atoms. The number of alkyl carbamates (subject to hydrolysis) is 1. The fourth-order valence-electron chi connectivity index (χ4n) is 2.35. The highest BCUT2D eigenvalue weighted by molar-refractivity contribution is 5.67. The molecule has 0 unspecified atom stereocenters. The fraction of sp³-hybridized carbons (Fsp3) is 0.316. The number of hydrogen-bond donors (Lipinski definition) is 2. The predicted octanol–water partition coefficient (Wildman–Crippen LogP) is 3.60. The zero-order valence-corrected chi connectivity index (χ0v) is 13.5. The number of nitrogens with one attached hydrogen (secondary N) is 1. The molecule has 23 heavy (non-hydrogen) atoms. The Labute approximate surface area is 137 Å². The first kappa shape index (κ1) is 17.0. The average molecular weight is 313 g/mol. The highest BCUT2D eigenvalue weighted by Crippen LogP contribution is 2.14. The number of amides is 1. The van der Waals surface area contributed by atoms with Crippen LogP contribution in [-0.2, 0) is 17.8 Å². The number of aliphatic hydroxyl groups excluding tert-OH is 1. The van der Waals surface area contributed by atoms with E-state index in [1.807, 2.05) is 61.5 Å². The standard InChI is InChI=1S/C19H23NO3/c1-14(11-17-9-6-10-18(12-17)15(2)21)20-19(22)23-13-16-7-4-3-5-8-16/h3-10,12,14-15,21H,11,13H2,1-2H3,(H,20,22)/t14-,15+/m0/s1. The van der Waals surface area contributed by atoms with Gasteiger partial charge < -0.3 is 15.2 Å². The van der Waals surface area contributed by atoms with E-state index in [0.29, 0.717) is 6.42 Å². The van der Waals surface area contributed by atoms with Gasteiger partial charge in [0.1, 0.15) is 6.61 Å². The summed E-state index contributed by atoms with van der Waals surface area (Å²) in [5.74, 6) is 0. The molecule has 1 amide bonds. The van der Waals surface area contributed by atoms with Crippen LogP contribution in [0, 0.1) is 0 Å². The summed E-state index contributed by atoms with van der Waals surface area (Å²) in [6.45, 7) is 3.93. The van der Waals surface area contributed by atoms with Crippen LogP contribution < -0.4 is 5.32 Å².